The number of amides is 1. The molecule has 1 aromatic carbocycles. The van der Waals surface area contributed by atoms with Gasteiger partial charge in [-0.2, -0.15) is 5.10 Å². The fourth-order valence-corrected chi connectivity index (χ4v) is 2.67. The number of carbonyl (C=O) groups is 2. The van der Waals surface area contributed by atoms with Crippen molar-refractivity contribution in [2.24, 2.45) is 7.05 Å². The van der Waals surface area contributed by atoms with Gasteiger partial charge in [0.25, 0.3) is 5.91 Å². The molecular weight excluding hydrogens is 386 g/mol. The lowest BCUT2D eigenvalue weighted by atomic mass is 10.2. The van der Waals surface area contributed by atoms with Gasteiger partial charge in [0.2, 0.25) is 0 Å². The number of ether oxygens (including phenoxy) is 3. The number of anilines is 1. The van der Waals surface area contributed by atoms with Gasteiger partial charge in [-0.25, -0.2) is 4.79 Å². The number of nitrogens with one attached hydrogen (secondary N) is 1. The van der Waals surface area contributed by atoms with Gasteiger partial charge in [0.1, 0.15) is 6.61 Å². The maximum absolute atomic E-state index is 12.4. The minimum Gasteiger partial charge on any atom is -0.493 e. The number of methoxy groups -OCH3 is 1. The smallest absolute Gasteiger partial charge is 0.331 e. The zero-order valence-corrected chi connectivity index (χ0v) is 17.9. The van der Waals surface area contributed by atoms with E-state index in [1.165, 1.54) is 20.1 Å². The molecule has 0 saturated heterocycles. The van der Waals surface area contributed by atoms with Gasteiger partial charge < -0.3 is 19.5 Å². The van der Waals surface area contributed by atoms with Crippen molar-refractivity contribution in [2.45, 2.75) is 26.9 Å². The summed E-state index contributed by atoms with van der Waals surface area (Å²) in [7, 11) is 3.32. The van der Waals surface area contributed by atoms with Crippen LogP contribution >= 0.6 is 0 Å². The molecule has 1 atom stereocenters. The second kappa shape index (κ2) is 10.3. The van der Waals surface area contributed by atoms with Crippen LogP contribution < -0.4 is 14.8 Å². The maximum Gasteiger partial charge on any atom is 0.331 e. The van der Waals surface area contributed by atoms with Crippen LogP contribution in [0.2, 0.25) is 0 Å². The topological polar surface area (TPSA) is 91.7 Å². The lowest BCUT2D eigenvalue weighted by Gasteiger charge is -2.12. The number of benzene rings is 1. The monoisotopic (exact) mass is 413 g/mol. The molecule has 2 rings (SSSR count). The number of hydrogen-bond acceptors (Lipinski definition) is 6. The molecule has 30 heavy (non-hydrogen) atoms. The summed E-state index contributed by atoms with van der Waals surface area (Å²) >= 11 is 0. The van der Waals surface area contributed by atoms with E-state index in [9.17, 15) is 9.59 Å². The van der Waals surface area contributed by atoms with Crippen LogP contribution in [-0.2, 0) is 21.4 Å². The third-order valence-corrected chi connectivity index (χ3v) is 4.38. The van der Waals surface area contributed by atoms with Crippen molar-refractivity contribution in [3.8, 4) is 11.5 Å². The number of esters is 1. The molecule has 0 aliphatic rings. The van der Waals surface area contributed by atoms with E-state index in [2.05, 4.69) is 17.0 Å². The summed E-state index contributed by atoms with van der Waals surface area (Å²) in [6.07, 6.45) is 3.49. The lowest BCUT2D eigenvalue weighted by Crippen LogP contribution is -2.29. The molecule has 8 heteroatoms. The Morgan fingerprint density at radius 1 is 1.30 bits per heavy atom. The Labute approximate surface area is 176 Å². The van der Waals surface area contributed by atoms with Gasteiger partial charge in [-0.3, -0.25) is 9.48 Å². The van der Waals surface area contributed by atoms with Crippen molar-refractivity contribution in [3.63, 3.8) is 0 Å². The van der Waals surface area contributed by atoms with Crippen molar-refractivity contribution in [2.75, 3.05) is 19.0 Å². The first kappa shape index (κ1) is 22.7. The fourth-order valence-electron chi connectivity index (χ4n) is 2.67. The molecule has 160 valence electrons. The van der Waals surface area contributed by atoms with E-state index >= 15 is 0 Å². The average molecular weight is 413 g/mol. The number of hydrogen-bond donors (Lipinski definition) is 1. The average Bonchev–Trinajstić information content (AvgIpc) is 2.96. The van der Waals surface area contributed by atoms with E-state index in [4.69, 9.17) is 14.2 Å². The van der Waals surface area contributed by atoms with E-state index in [0.717, 1.165) is 5.69 Å². The van der Waals surface area contributed by atoms with E-state index < -0.39 is 18.0 Å². The van der Waals surface area contributed by atoms with Crippen molar-refractivity contribution >= 4 is 23.6 Å². The second-order valence-corrected chi connectivity index (χ2v) is 6.58. The molecule has 0 spiro atoms. The van der Waals surface area contributed by atoms with Gasteiger partial charge in [-0.15, -0.1) is 0 Å². The molecule has 0 aliphatic heterocycles. The Balaban J connectivity index is 1.98. The highest BCUT2D eigenvalue weighted by Crippen LogP contribution is 2.28. The lowest BCUT2D eigenvalue weighted by molar-refractivity contribution is -0.148. The van der Waals surface area contributed by atoms with Gasteiger partial charge >= 0.3 is 5.97 Å². The van der Waals surface area contributed by atoms with Gasteiger partial charge in [-0.1, -0.05) is 18.7 Å². The number of aryl methyl sites for hydroxylation is 2. The highest BCUT2D eigenvalue weighted by atomic mass is 16.5. The third kappa shape index (κ3) is 5.73. The standard InChI is InChI=1S/C22H27N3O5/c1-7-12-29-18-10-8-17(13-19(18)28-6)9-11-20(26)30-16(4)22(27)23-21-14(2)24-25(5)15(21)3/h7-11,13,16H,1,12H2,2-6H3,(H,23,27)/b11-9+/t16-/m1/s1. The summed E-state index contributed by atoms with van der Waals surface area (Å²) in [4.78, 5) is 24.5. The summed E-state index contributed by atoms with van der Waals surface area (Å²) < 4.78 is 17.7. The molecule has 1 aromatic heterocycles. The number of carbonyl (C=O) groups excluding carboxylic acids is 2. The Kier molecular flexibility index (Phi) is 7.80. The van der Waals surface area contributed by atoms with E-state index in [1.54, 1.807) is 49.0 Å². The molecule has 0 unspecified atom stereocenters. The minimum absolute atomic E-state index is 0.357. The molecule has 0 radical (unpaired) electrons. The normalized spacial score (nSPS) is 11.8. The van der Waals surface area contributed by atoms with E-state index in [-0.39, 0.29) is 0 Å². The van der Waals surface area contributed by atoms with Crippen molar-refractivity contribution in [1.29, 1.82) is 0 Å². The van der Waals surface area contributed by atoms with Gasteiger partial charge in [0.15, 0.2) is 17.6 Å². The van der Waals surface area contributed by atoms with Crippen LogP contribution in [0, 0.1) is 13.8 Å². The van der Waals surface area contributed by atoms with Gasteiger partial charge in [-0.05, 0) is 44.5 Å². The Bertz CT molecular complexity index is 962. The SMILES string of the molecule is C=CCOc1ccc(/C=C/C(=O)O[C@H](C)C(=O)Nc2c(C)nn(C)c2C)cc1OC. The highest BCUT2D eigenvalue weighted by molar-refractivity contribution is 5.97. The third-order valence-electron chi connectivity index (χ3n) is 4.38. The first-order chi connectivity index (χ1) is 14.3. The summed E-state index contributed by atoms with van der Waals surface area (Å²) in [6, 6.07) is 5.24. The molecular formula is C22H27N3O5. The predicted octanol–water partition coefficient (Wildman–Crippen LogP) is 3.19. The Morgan fingerprint density at radius 3 is 2.63 bits per heavy atom. The van der Waals surface area contributed by atoms with Gasteiger partial charge in [0, 0.05) is 13.1 Å². The van der Waals surface area contributed by atoms with Crippen LogP contribution in [0.1, 0.15) is 23.9 Å². The van der Waals surface area contributed by atoms with Gasteiger partial charge in [0.05, 0.1) is 24.2 Å². The van der Waals surface area contributed by atoms with Crippen LogP contribution in [-0.4, -0.2) is 41.5 Å². The van der Waals surface area contributed by atoms with Crippen LogP contribution in [0.5, 0.6) is 11.5 Å². The molecule has 0 fully saturated rings. The van der Waals surface area contributed by atoms with Crippen molar-refractivity contribution in [1.82, 2.24) is 9.78 Å². The number of rotatable bonds is 9. The van der Waals surface area contributed by atoms with Crippen molar-refractivity contribution in [3.05, 3.63) is 53.9 Å². The summed E-state index contributed by atoms with van der Waals surface area (Å²) in [5.74, 6) is 0.0373. The van der Waals surface area contributed by atoms with Crippen LogP contribution in [0.25, 0.3) is 6.08 Å². The predicted molar refractivity (Wildman–Crippen MR) is 115 cm³/mol. The first-order valence-corrected chi connectivity index (χ1v) is 9.38. The Hall–Kier alpha value is -3.55. The zero-order valence-electron chi connectivity index (χ0n) is 17.9. The second-order valence-electron chi connectivity index (χ2n) is 6.58. The Morgan fingerprint density at radius 2 is 2.03 bits per heavy atom. The highest BCUT2D eigenvalue weighted by Gasteiger charge is 2.20. The molecule has 0 aliphatic carbocycles. The van der Waals surface area contributed by atoms with Crippen LogP contribution in [0.3, 0.4) is 0 Å². The minimum atomic E-state index is -0.967. The molecule has 8 nitrogen and oxygen atoms in total. The van der Waals surface area contributed by atoms with Crippen molar-refractivity contribution < 1.29 is 23.8 Å². The molecule has 2 aromatic rings. The van der Waals surface area contributed by atoms with E-state index in [1.807, 2.05) is 6.92 Å². The number of nitrogens with zero attached hydrogens (tertiary/aromatic N) is 2. The molecule has 0 saturated carbocycles. The zero-order chi connectivity index (χ0) is 22.3. The molecule has 1 N–H and O–H groups in total. The molecule has 1 amide bonds. The van der Waals surface area contributed by atoms with Crippen LogP contribution in [0.4, 0.5) is 5.69 Å². The first-order valence-electron chi connectivity index (χ1n) is 9.38. The van der Waals surface area contributed by atoms with E-state index in [0.29, 0.717) is 35.1 Å². The summed E-state index contributed by atoms with van der Waals surface area (Å²) in [6.45, 7) is 9.11. The number of aromatic nitrogens is 2. The quantitative estimate of drug-likeness (QED) is 0.386. The largest absolute Gasteiger partial charge is 0.493 e. The molecule has 1 heterocycles. The summed E-state index contributed by atoms with van der Waals surface area (Å²) in [5.41, 5.74) is 2.84. The maximum atomic E-state index is 12.4. The van der Waals surface area contributed by atoms with Crippen LogP contribution in [0.15, 0.2) is 36.9 Å². The summed E-state index contributed by atoms with van der Waals surface area (Å²) in [5, 5.41) is 7.00. The molecule has 0 bridgehead atoms. The fraction of sp³-hybridized carbons (Fsp3) is 0.318.